The van der Waals surface area contributed by atoms with Crippen molar-refractivity contribution in [2.24, 2.45) is 4.99 Å². The molecule has 1 aliphatic rings. The molecule has 8 heteroatoms. The van der Waals surface area contributed by atoms with Gasteiger partial charge in [-0.15, -0.1) is 0 Å². The molecule has 1 amide bonds. The standard InChI is InChI=1S/C19H29ClFN5O/c1-14(2)24-18(27)13-25-9-11-26(12-10-25)19(22-3)23-8-7-15-16(20)5-4-6-17(15)21/h4-6,14H,7-13H2,1-3H3,(H,22,23)(H,24,27). The number of benzene rings is 1. The van der Waals surface area contributed by atoms with Crippen LogP contribution in [0.5, 0.6) is 0 Å². The molecule has 27 heavy (non-hydrogen) atoms. The van der Waals surface area contributed by atoms with E-state index in [9.17, 15) is 9.18 Å². The minimum atomic E-state index is -0.285. The molecule has 150 valence electrons. The maximum atomic E-state index is 13.8. The highest BCUT2D eigenvalue weighted by Gasteiger charge is 2.21. The third kappa shape index (κ3) is 6.66. The summed E-state index contributed by atoms with van der Waals surface area (Å²) < 4.78 is 13.8. The van der Waals surface area contributed by atoms with Crippen molar-refractivity contribution >= 4 is 23.5 Å². The molecular formula is C19H29ClFN5O. The van der Waals surface area contributed by atoms with Crippen LogP contribution in [0.2, 0.25) is 5.02 Å². The second-order valence-corrected chi connectivity index (χ2v) is 7.32. The van der Waals surface area contributed by atoms with E-state index in [1.54, 1.807) is 19.2 Å². The summed E-state index contributed by atoms with van der Waals surface area (Å²) in [5, 5.41) is 6.64. The zero-order valence-electron chi connectivity index (χ0n) is 16.3. The molecule has 0 atom stereocenters. The van der Waals surface area contributed by atoms with Crippen LogP contribution in [0, 0.1) is 5.82 Å². The lowest BCUT2D eigenvalue weighted by Gasteiger charge is -2.36. The van der Waals surface area contributed by atoms with Crippen LogP contribution in [0.15, 0.2) is 23.2 Å². The van der Waals surface area contributed by atoms with Gasteiger partial charge >= 0.3 is 0 Å². The highest BCUT2D eigenvalue weighted by Crippen LogP contribution is 2.19. The van der Waals surface area contributed by atoms with E-state index in [2.05, 4.69) is 25.4 Å². The van der Waals surface area contributed by atoms with Crippen LogP contribution in [-0.2, 0) is 11.2 Å². The van der Waals surface area contributed by atoms with Gasteiger partial charge in [0, 0.05) is 56.4 Å². The van der Waals surface area contributed by atoms with Crippen LogP contribution < -0.4 is 10.6 Å². The third-order valence-electron chi connectivity index (χ3n) is 4.42. The lowest BCUT2D eigenvalue weighted by molar-refractivity contribution is -0.123. The van der Waals surface area contributed by atoms with E-state index < -0.39 is 0 Å². The number of aliphatic imine (C=N–C) groups is 1. The largest absolute Gasteiger partial charge is 0.356 e. The number of rotatable bonds is 6. The van der Waals surface area contributed by atoms with Crippen LogP contribution in [-0.4, -0.2) is 74.0 Å². The van der Waals surface area contributed by atoms with Crippen molar-refractivity contribution in [1.82, 2.24) is 20.4 Å². The Kier molecular flexibility index (Phi) is 8.31. The zero-order valence-corrected chi connectivity index (χ0v) is 17.0. The summed E-state index contributed by atoms with van der Waals surface area (Å²) in [7, 11) is 1.74. The molecule has 1 aliphatic heterocycles. The molecular weight excluding hydrogens is 369 g/mol. The first-order valence-electron chi connectivity index (χ1n) is 9.31. The minimum Gasteiger partial charge on any atom is -0.356 e. The van der Waals surface area contributed by atoms with E-state index in [0.717, 1.165) is 32.1 Å². The highest BCUT2D eigenvalue weighted by atomic mass is 35.5. The van der Waals surface area contributed by atoms with E-state index in [1.165, 1.54) is 6.07 Å². The van der Waals surface area contributed by atoms with E-state index in [1.807, 2.05) is 13.8 Å². The average molecular weight is 398 g/mol. The lowest BCUT2D eigenvalue weighted by Crippen LogP contribution is -2.54. The van der Waals surface area contributed by atoms with Gasteiger partial charge in [-0.05, 0) is 32.4 Å². The summed E-state index contributed by atoms with van der Waals surface area (Å²) in [6.07, 6.45) is 0.486. The molecule has 1 saturated heterocycles. The number of piperazine rings is 1. The molecule has 1 aromatic carbocycles. The van der Waals surface area contributed by atoms with E-state index in [0.29, 0.717) is 30.1 Å². The van der Waals surface area contributed by atoms with Crippen molar-refractivity contribution in [3.8, 4) is 0 Å². The van der Waals surface area contributed by atoms with Crippen LogP contribution in [0.1, 0.15) is 19.4 Å². The SMILES string of the molecule is CN=C(NCCc1c(F)cccc1Cl)N1CCN(CC(=O)NC(C)C)CC1. The Bertz CT molecular complexity index is 639. The predicted octanol–water partition coefficient (Wildman–Crippen LogP) is 1.74. The highest BCUT2D eigenvalue weighted by molar-refractivity contribution is 6.31. The van der Waals surface area contributed by atoms with Crippen molar-refractivity contribution in [3.05, 3.63) is 34.6 Å². The predicted molar refractivity (Wildman–Crippen MR) is 108 cm³/mol. The van der Waals surface area contributed by atoms with Gasteiger partial charge < -0.3 is 15.5 Å². The normalized spacial score (nSPS) is 15.9. The van der Waals surface area contributed by atoms with Crippen molar-refractivity contribution in [3.63, 3.8) is 0 Å². The second kappa shape index (κ2) is 10.5. The first-order valence-corrected chi connectivity index (χ1v) is 9.68. The number of carbonyl (C=O) groups is 1. The van der Waals surface area contributed by atoms with Gasteiger partial charge in [-0.25, -0.2) is 4.39 Å². The van der Waals surface area contributed by atoms with E-state index >= 15 is 0 Å². The van der Waals surface area contributed by atoms with E-state index in [4.69, 9.17) is 11.6 Å². The van der Waals surface area contributed by atoms with Gasteiger partial charge in [-0.1, -0.05) is 17.7 Å². The van der Waals surface area contributed by atoms with Gasteiger partial charge in [-0.2, -0.15) is 0 Å². The van der Waals surface area contributed by atoms with E-state index in [-0.39, 0.29) is 17.8 Å². The average Bonchev–Trinajstić information content (AvgIpc) is 2.61. The Morgan fingerprint density at radius 1 is 1.30 bits per heavy atom. The summed E-state index contributed by atoms with van der Waals surface area (Å²) in [4.78, 5) is 20.5. The molecule has 1 aromatic rings. The summed E-state index contributed by atoms with van der Waals surface area (Å²) in [6, 6.07) is 4.88. The lowest BCUT2D eigenvalue weighted by atomic mass is 10.1. The van der Waals surface area contributed by atoms with Gasteiger partial charge in [0.15, 0.2) is 5.96 Å². The topological polar surface area (TPSA) is 60.0 Å². The van der Waals surface area contributed by atoms with Crippen molar-refractivity contribution in [2.75, 3.05) is 46.3 Å². The van der Waals surface area contributed by atoms with Crippen LogP contribution in [0.3, 0.4) is 0 Å². The Morgan fingerprint density at radius 2 is 2.00 bits per heavy atom. The monoisotopic (exact) mass is 397 g/mol. The second-order valence-electron chi connectivity index (χ2n) is 6.91. The first-order chi connectivity index (χ1) is 12.9. The fourth-order valence-corrected chi connectivity index (χ4v) is 3.35. The van der Waals surface area contributed by atoms with Crippen molar-refractivity contribution in [2.45, 2.75) is 26.3 Å². The van der Waals surface area contributed by atoms with Crippen LogP contribution in [0.4, 0.5) is 4.39 Å². The number of halogens is 2. The van der Waals surface area contributed by atoms with Gasteiger partial charge in [0.2, 0.25) is 5.91 Å². The maximum absolute atomic E-state index is 13.8. The summed E-state index contributed by atoms with van der Waals surface area (Å²) in [6.45, 7) is 8.05. The molecule has 2 rings (SSSR count). The molecule has 0 saturated carbocycles. The zero-order chi connectivity index (χ0) is 19.8. The van der Waals surface area contributed by atoms with Crippen LogP contribution >= 0.6 is 11.6 Å². The summed E-state index contributed by atoms with van der Waals surface area (Å²) >= 11 is 6.07. The Labute approximate surface area is 165 Å². The molecule has 0 radical (unpaired) electrons. The quantitative estimate of drug-likeness (QED) is 0.567. The Balaban J connectivity index is 1.78. The molecule has 1 fully saturated rings. The molecule has 0 aliphatic carbocycles. The number of hydrogen-bond acceptors (Lipinski definition) is 3. The minimum absolute atomic E-state index is 0.0581. The van der Waals surface area contributed by atoms with Gasteiger partial charge in [-0.3, -0.25) is 14.7 Å². The molecule has 0 bridgehead atoms. The van der Waals surface area contributed by atoms with Crippen molar-refractivity contribution < 1.29 is 9.18 Å². The molecule has 6 nitrogen and oxygen atoms in total. The first kappa shape index (κ1) is 21.4. The van der Waals surface area contributed by atoms with Crippen LogP contribution in [0.25, 0.3) is 0 Å². The van der Waals surface area contributed by atoms with Gasteiger partial charge in [0.1, 0.15) is 5.82 Å². The molecule has 0 spiro atoms. The fraction of sp³-hybridized carbons (Fsp3) is 0.579. The molecule has 0 aromatic heterocycles. The Hall–Kier alpha value is -1.86. The fourth-order valence-electron chi connectivity index (χ4n) is 3.09. The van der Waals surface area contributed by atoms with Gasteiger partial charge in [0.25, 0.3) is 0 Å². The number of hydrogen-bond donors (Lipinski definition) is 2. The summed E-state index contributed by atoms with van der Waals surface area (Å²) in [5.74, 6) is 0.559. The summed E-state index contributed by atoms with van der Waals surface area (Å²) in [5.41, 5.74) is 0.517. The number of nitrogens with one attached hydrogen (secondary N) is 2. The molecule has 2 N–H and O–H groups in total. The number of carbonyl (C=O) groups excluding carboxylic acids is 1. The van der Waals surface area contributed by atoms with Gasteiger partial charge in [0.05, 0.1) is 6.54 Å². The smallest absolute Gasteiger partial charge is 0.234 e. The maximum Gasteiger partial charge on any atom is 0.234 e. The third-order valence-corrected chi connectivity index (χ3v) is 4.77. The number of amides is 1. The Morgan fingerprint density at radius 3 is 2.59 bits per heavy atom. The molecule has 1 heterocycles. The molecule has 0 unspecified atom stereocenters. The number of guanidine groups is 1. The number of nitrogens with zero attached hydrogens (tertiary/aromatic N) is 3. The van der Waals surface area contributed by atoms with Crippen molar-refractivity contribution in [1.29, 1.82) is 0 Å².